The zero-order chi connectivity index (χ0) is 20.9. The summed E-state index contributed by atoms with van der Waals surface area (Å²) in [7, 11) is -1.68. The summed E-state index contributed by atoms with van der Waals surface area (Å²) in [5.41, 5.74) is 2.14. The van der Waals surface area contributed by atoms with Gasteiger partial charge in [0.15, 0.2) is 6.54 Å². The summed E-state index contributed by atoms with van der Waals surface area (Å²) in [6.07, 6.45) is 0.625. The van der Waals surface area contributed by atoms with E-state index >= 15 is 0 Å². The van der Waals surface area contributed by atoms with Crippen LogP contribution in [-0.2, 0) is 27.8 Å². The molecule has 0 spiro atoms. The third kappa shape index (κ3) is 6.12. The van der Waals surface area contributed by atoms with Gasteiger partial charge in [-0.25, -0.2) is 13.6 Å². The highest BCUT2D eigenvalue weighted by molar-refractivity contribution is 7.89. The molecule has 0 fully saturated rings. The summed E-state index contributed by atoms with van der Waals surface area (Å²) in [6.45, 7) is 1.65. The summed E-state index contributed by atoms with van der Waals surface area (Å²) in [5, 5.41) is 10.4. The van der Waals surface area contributed by atoms with E-state index in [9.17, 15) is 13.2 Å². The second kappa shape index (κ2) is 9.17. The van der Waals surface area contributed by atoms with Crippen molar-refractivity contribution >= 4 is 26.7 Å². The van der Waals surface area contributed by atoms with Crippen LogP contribution in [0.15, 0.2) is 71.6 Å². The van der Waals surface area contributed by atoms with E-state index in [4.69, 9.17) is 5.14 Å². The molecule has 152 valence electrons. The van der Waals surface area contributed by atoms with Gasteiger partial charge in [-0.15, -0.1) is 0 Å². The number of likely N-dealkylation sites (N-methyl/N-ethyl adjacent to an activating group) is 1. The first kappa shape index (κ1) is 21.0. The van der Waals surface area contributed by atoms with Gasteiger partial charge in [0.2, 0.25) is 10.0 Å². The lowest BCUT2D eigenvalue weighted by Gasteiger charge is -2.14. The molecular weight excluding hydrogens is 386 g/mol. The van der Waals surface area contributed by atoms with Gasteiger partial charge < -0.3 is 10.2 Å². The molecule has 1 unspecified atom stereocenters. The zero-order valence-electron chi connectivity index (χ0n) is 16.4. The van der Waals surface area contributed by atoms with Crippen LogP contribution in [-0.4, -0.2) is 34.5 Å². The molecule has 3 aromatic rings. The van der Waals surface area contributed by atoms with Crippen molar-refractivity contribution in [3.8, 4) is 0 Å². The van der Waals surface area contributed by atoms with Crippen molar-refractivity contribution in [2.24, 2.45) is 5.14 Å². The third-order valence-corrected chi connectivity index (χ3v) is 5.70. The van der Waals surface area contributed by atoms with Crippen molar-refractivity contribution in [1.82, 2.24) is 5.32 Å². The molecule has 0 aliphatic heterocycles. The highest BCUT2D eigenvalue weighted by Crippen LogP contribution is 2.15. The molecule has 3 aromatic carbocycles. The summed E-state index contributed by atoms with van der Waals surface area (Å²) >= 11 is 0. The monoisotopic (exact) mass is 412 g/mol. The fourth-order valence-corrected chi connectivity index (χ4v) is 3.80. The summed E-state index contributed by atoms with van der Waals surface area (Å²) in [6, 6.07) is 21.0. The molecule has 0 saturated heterocycles. The number of amides is 1. The molecule has 0 aliphatic rings. The van der Waals surface area contributed by atoms with Crippen molar-refractivity contribution in [3.05, 3.63) is 77.9 Å². The molecule has 3 rings (SSSR count). The number of nitrogens with one attached hydrogen (secondary N) is 2. The van der Waals surface area contributed by atoms with Crippen molar-refractivity contribution in [2.45, 2.75) is 17.9 Å². The largest absolute Gasteiger partial charge is 0.351 e. The maximum Gasteiger partial charge on any atom is 0.275 e. The van der Waals surface area contributed by atoms with E-state index in [1.807, 2.05) is 19.2 Å². The molecule has 0 aromatic heterocycles. The second-order valence-corrected chi connectivity index (χ2v) is 8.84. The molecule has 1 atom stereocenters. The van der Waals surface area contributed by atoms with E-state index in [2.05, 4.69) is 35.6 Å². The van der Waals surface area contributed by atoms with Crippen molar-refractivity contribution in [2.75, 3.05) is 20.1 Å². The van der Waals surface area contributed by atoms with E-state index in [0.29, 0.717) is 19.5 Å². The Labute approximate surface area is 171 Å². The Hall–Kier alpha value is -2.74. The number of sulfonamides is 1. The van der Waals surface area contributed by atoms with Crippen LogP contribution in [0.2, 0.25) is 0 Å². The highest BCUT2D eigenvalue weighted by Gasteiger charge is 2.11. The van der Waals surface area contributed by atoms with Crippen LogP contribution in [0.5, 0.6) is 0 Å². The fourth-order valence-electron chi connectivity index (χ4n) is 3.29. The average Bonchev–Trinajstić information content (AvgIpc) is 2.67. The lowest BCUT2D eigenvalue weighted by Crippen LogP contribution is -3.08. The van der Waals surface area contributed by atoms with Crippen LogP contribution in [0.3, 0.4) is 0 Å². The van der Waals surface area contributed by atoms with Gasteiger partial charge >= 0.3 is 0 Å². The SMILES string of the molecule is C[NH+](CC(=O)NCCc1ccc(S(N)(=O)=O)cc1)Cc1ccc2ccccc2c1. The first-order valence-corrected chi connectivity index (χ1v) is 11.0. The fraction of sp³-hybridized carbons (Fsp3) is 0.227. The number of carbonyl (C=O) groups is 1. The Morgan fingerprint density at radius 2 is 1.62 bits per heavy atom. The summed E-state index contributed by atoms with van der Waals surface area (Å²) in [4.78, 5) is 13.4. The molecular formula is C22H26N3O3S+. The Kier molecular flexibility index (Phi) is 6.64. The highest BCUT2D eigenvalue weighted by atomic mass is 32.2. The molecule has 7 heteroatoms. The number of primary sulfonamides is 1. The number of nitrogens with two attached hydrogens (primary N) is 1. The smallest absolute Gasteiger partial charge is 0.275 e. The number of carbonyl (C=O) groups excluding carboxylic acids is 1. The van der Waals surface area contributed by atoms with E-state index < -0.39 is 10.0 Å². The lowest BCUT2D eigenvalue weighted by molar-refractivity contribution is -0.885. The second-order valence-electron chi connectivity index (χ2n) is 7.28. The topological polar surface area (TPSA) is 93.7 Å². The zero-order valence-corrected chi connectivity index (χ0v) is 17.2. The summed E-state index contributed by atoms with van der Waals surface area (Å²) < 4.78 is 22.5. The molecule has 1 amide bonds. The quantitative estimate of drug-likeness (QED) is 0.512. The molecule has 0 radical (unpaired) electrons. The minimum atomic E-state index is -3.68. The van der Waals surface area contributed by atoms with Crippen LogP contribution in [0.25, 0.3) is 10.8 Å². The molecule has 29 heavy (non-hydrogen) atoms. The lowest BCUT2D eigenvalue weighted by atomic mass is 10.1. The number of fused-ring (bicyclic) bond motifs is 1. The van der Waals surface area contributed by atoms with E-state index in [1.165, 1.54) is 28.5 Å². The van der Waals surface area contributed by atoms with Crippen LogP contribution in [0, 0.1) is 0 Å². The van der Waals surface area contributed by atoms with E-state index in [-0.39, 0.29) is 10.8 Å². The minimum Gasteiger partial charge on any atom is -0.351 e. The van der Waals surface area contributed by atoms with E-state index in [0.717, 1.165) is 17.0 Å². The Morgan fingerprint density at radius 1 is 0.966 bits per heavy atom. The molecule has 0 saturated carbocycles. The van der Waals surface area contributed by atoms with Crippen LogP contribution >= 0.6 is 0 Å². The average molecular weight is 413 g/mol. The van der Waals surface area contributed by atoms with Gasteiger partial charge in [0.25, 0.3) is 5.91 Å². The predicted octanol–water partition coefficient (Wildman–Crippen LogP) is 0.861. The first-order chi connectivity index (χ1) is 13.8. The summed E-state index contributed by atoms with van der Waals surface area (Å²) in [5.74, 6) is -0.00977. The van der Waals surface area contributed by atoms with Gasteiger partial charge in [0.1, 0.15) is 6.54 Å². The number of hydrogen-bond donors (Lipinski definition) is 3. The predicted molar refractivity (Wildman–Crippen MR) is 114 cm³/mol. The number of hydrogen-bond acceptors (Lipinski definition) is 3. The third-order valence-electron chi connectivity index (χ3n) is 4.77. The maximum absolute atomic E-state index is 12.2. The standard InChI is InChI=1S/C22H25N3O3S/c1-25(15-18-6-9-19-4-2-3-5-20(19)14-18)16-22(26)24-13-12-17-7-10-21(11-8-17)29(23,27)28/h2-11,14H,12-13,15-16H2,1H3,(H,24,26)(H2,23,27,28)/p+1. The minimum absolute atomic E-state index is 0.00977. The van der Waals surface area contributed by atoms with Crippen LogP contribution < -0.4 is 15.4 Å². The normalized spacial score (nSPS) is 12.6. The first-order valence-electron chi connectivity index (χ1n) is 9.49. The Morgan fingerprint density at radius 3 is 2.31 bits per heavy atom. The molecule has 0 heterocycles. The Bertz CT molecular complexity index is 1100. The van der Waals surface area contributed by atoms with E-state index in [1.54, 1.807) is 12.1 Å². The molecule has 0 bridgehead atoms. The van der Waals surface area contributed by atoms with Gasteiger partial charge in [0.05, 0.1) is 11.9 Å². The van der Waals surface area contributed by atoms with Crippen molar-refractivity contribution < 1.29 is 18.1 Å². The number of quaternary nitrogens is 1. The molecule has 6 nitrogen and oxygen atoms in total. The van der Waals surface area contributed by atoms with Crippen LogP contribution in [0.4, 0.5) is 0 Å². The van der Waals surface area contributed by atoms with Gasteiger partial charge in [-0.1, -0.05) is 48.5 Å². The maximum atomic E-state index is 12.2. The van der Waals surface area contributed by atoms with Gasteiger partial charge in [0, 0.05) is 12.1 Å². The molecule has 0 aliphatic carbocycles. The number of rotatable bonds is 8. The van der Waals surface area contributed by atoms with Crippen LogP contribution in [0.1, 0.15) is 11.1 Å². The molecule has 4 N–H and O–H groups in total. The Balaban J connectivity index is 1.45. The van der Waals surface area contributed by atoms with Crippen molar-refractivity contribution in [3.63, 3.8) is 0 Å². The van der Waals surface area contributed by atoms with Crippen molar-refractivity contribution in [1.29, 1.82) is 0 Å². The number of benzene rings is 3. The van der Waals surface area contributed by atoms with Gasteiger partial charge in [-0.3, -0.25) is 4.79 Å². The van der Waals surface area contributed by atoms with Gasteiger partial charge in [-0.05, 0) is 41.0 Å². The van der Waals surface area contributed by atoms with Gasteiger partial charge in [-0.2, -0.15) is 0 Å².